The van der Waals surface area contributed by atoms with Crippen molar-refractivity contribution < 1.29 is 18.7 Å². The minimum Gasteiger partial charge on any atom is -0.493 e. The summed E-state index contributed by atoms with van der Waals surface area (Å²) >= 11 is 0. The molecule has 0 unspecified atom stereocenters. The van der Waals surface area contributed by atoms with Crippen LogP contribution in [0.3, 0.4) is 0 Å². The van der Waals surface area contributed by atoms with Gasteiger partial charge in [-0.15, -0.1) is 0 Å². The number of aryl methyl sites for hydroxylation is 1. The molecule has 0 aliphatic rings. The van der Waals surface area contributed by atoms with Gasteiger partial charge >= 0.3 is 0 Å². The highest BCUT2D eigenvalue weighted by atomic mass is 19.1. The average molecular weight is 289 g/mol. The number of hydrogen-bond acceptors (Lipinski definition) is 3. The van der Waals surface area contributed by atoms with Crippen LogP contribution in [-0.4, -0.2) is 19.6 Å². The van der Waals surface area contributed by atoms with Crippen molar-refractivity contribution in [3.05, 3.63) is 53.8 Å². The molecule has 0 saturated carbocycles. The van der Waals surface area contributed by atoms with E-state index < -0.39 is 11.7 Å². The molecule has 1 amide bonds. The molecule has 4 nitrogen and oxygen atoms in total. The number of amides is 1. The maximum atomic E-state index is 13.4. The van der Waals surface area contributed by atoms with E-state index in [4.69, 9.17) is 9.47 Å². The molecule has 0 aliphatic heterocycles. The molecule has 1 N–H and O–H groups in total. The first-order chi connectivity index (χ1) is 10.1. The number of para-hydroxylation sites is 1. The molecule has 0 atom stereocenters. The van der Waals surface area contributed by atoms with Crippen LogP contribution in [0.25, 0.3) is 0 Å². The highest BCUT2D eigenvalue weighted by Crippen LogP contribution is 2.27. The smallest absolute Gasteiger partial charge is 0.262 e. The Hall–Kier alpha value is -2.56. The normalized spacial score (nSPS) is 10.0. The Balaban J connectivity index is 1.97. The summed E-state index contributed by atoms with van der Waals surface area (Å²) in [6, 6.07) is 11.3. The lowest BCUT2D eigenvalue weighted by atomic mass is 10.2. The van der Waals surface area contributed by atoms with E-state index in [-0.39, 0.29) is 12.3 Å². The van der Waals surface area contributed by atoms with Gasteiger partial charge in [0.25, 0.3) is 5.91 Å². The molecule has 0 fully saturated rings. The van der Waals surface area contributed by atoms with Crippen LogP contribution in [0.5, 0.6) is 11.5 Å². The number of carbonyl (C=O) groups excluding carboxylic acids is 1. The molecular weight excluding hydrogens is 273 g/mol. The SMILES string of the molecule is COc1cc(C)ccc1OCC(=O)Nc1ccccc1F. The number of benzene rings is 2. The van der Waals surface area contributed by atoms with E-state index in [1.165, 1.54) is 19.2 Å². The Morgan fingerprint density at radius 3 is 2.67 bits per heavy atom. The zero-order valence-corrected chi connectivity index (χ0v) is 11.9. The quantitative estimate of drug-likeness (QED) is 0.919. The van der Waals surface area contributed by atoms with E-state index in [1.807, 2.05) is 19.1 Å². The highest BCUT2D eigenvalue weighted by Gasteiger charge is 2.09. The lowest BCUT2D eigenvalue weighted by Crippen LogP contribution is -2.20. The van der Waals surface area contributed by atoms with Crippen molar-refractivity contribution in [1.82, 2.24) is 0 Å². The lowest BCUT2D eigenvalue weighted by molar-refractivity contribution is -0.118. The molecule has 2 aromatic carbocycles. The van der Waals surface area contributed by atoms with Gasteiger partial charge in [0.05, 0.1) is 12.8 Å². The van der Waals surface area contributed by atoms with E-state index in [0.717, 1.165) is 5.56 Å². The van der Waals surface area contributed by atoms with Gasteiger partial charge < -0.3 is 14.8 Å². The molecule has 0 heterocycles. The molecule has 2 rings (SSSR count). The number of methoxy groups -OCH3 is 1. The lowest BCUT2D eigenvalue weighted by Gasteiger charge is -2.11. The molecule has 0 aliphatic carbocycles. The molecule has 0 bridgehead atoms. The maximum absolute atomic E-state index is 13.4. The average Bonchev–Trinajstić information content (AvgIpc) is 2.48. The topological polar surface area (TPSA) is 47.6 Å². The Kier molecular flexibility index (Phi) is 4.77. The van der Waals surface area contributed by atoms with Crippen LogP contribution in [0.1, 0.15) is 5.56 Å². The standard InChI is InChI=1S/C16H16FNO3/c1-11-7-8-14(15(9-11)20-2)21-10-16(19)18-13-6-4-3-5-12(13)17/h3-9H,10H2,1-2H3,(H,18,19). The molecule has 21 heavy (non-hydrogen) atoms. The fraction of sp³-hybridized carbons (Fsp3) is 0.188. The van der Waals surface area contributed by atoms with Gasteiger partial charge in [0.15, 0.2) is 18.1 Å². The third kappa shape index (κ3) is 3.95. The van der Waals surface area contributed by atoms with E-state index in [9.17, 15) is 9.18 Å². The molecule has 2 aromatic rings. The summed E-state index contributed by atoms with van der Waals surface area (Å²) in [5.41, 5.74) is 1.15. The number of hydrogen-bond donors (Lipinski definition) is 1. The number of ether oxygens (including phenoxy) is 2. The Labute approximate surface area is 122 Å². The largest absolute Gasteiger partial charge is 0.493 e. The van der Waals surface area contributed by atoms with Gasteiger partial charge in [0.2, 0.25) is 0 Å². The van der Waals surface area contributed by atoms with E-state index in [2.05, 4.69) is 5.32 Å². The number of rotatable bonds is 5. The second-order valence-corrected chi connectivity index (χ2v) is 4.47. The minimum atomic E-state index is -0.487. The number of carbonyl (C=O) groups is 1. The van der Waals surface area contributed by atoms with E-state index in [1.54, 1.807) is 18.2 Å². The van der Waals surface area contributed by atoms with Crippen LogP contribution in [0, 0.1) is 12.7 Å². The van der Waals surface area contributed by atoms with Crippen molar-refractivity contribution in [2.24, 2.45) is 0 Å². The molecule has 0 aromatic heterocycles. The van der Waals surface area contributed by atoms with Crippen LogP contribution in [-0.2, 0) is 4.79 Å². The minimum absolute atomic E-state index is 0.127. The maximum Gasteiger partial charge on any atom is 0.262 e. The van der Waals surface area contributed by atoms with E-state index >= 15 is 0 Å². The second kappa shape index (κ2) is 6.74. The van der Waals surface area contributed by atoms with Crippen molar-refractivity contribution in [3.8, 4) is 11.5 Å². The van der Waals surface area contributed by atoms with E-state index in [0.29, 0.717) is 11.5 Å². The predicted molar refractivity (Wildman–Crippen MR) is 78.3 cm³/mol. The third-order valence-corrected chi connectivity index (χ3v) is 2.83. The first-order valence-corrected chi connectivity index (χ1v) is 6.42. The van der Waals surface area contributed by atoms with Crippen molar-refractivity contribution in [2.75, 3.05) is 19.0 Å². The zero-order valence-electron chi connectivity index (χ0n) is 11.9. The molecule has 0 saturated heterocycles. The summed E-state index contributed by atoms with van der Waals surface area (Å²) in [5, 5.41) is 2.45. The highest BCUT2D eigenvalue weighted by molar-refractivity contribution is 5.92. The number of nitrogens with one attached hydrogen (secondary N) is 1. The van der Waals surface area contributed by atoms with Gasteiger partial charge in [-0.2, -0.15) is 0 Å². The van der Waals surface area contributed by atoms with Gasteiger partial charge in [-0.3, -0.25) is 4.79 Å². The number of anilines is 1. The van der Waals surface area contributed by atoms with Crippen LogP contribution in [0.15, 0.2) is 42.5 Å². The van der Waals surface area contributed by atoms with Gasteiger partial charge in [-0.05, 0) is 36.8 Å². The van der Waals surface area contributed by atoms with Crippen LogP contribution in [0.4, 0.5) is 10.1 Å². The summed E-state index contributed by atoms with van der Waals surface area (Å²) in [4.78, 5) is 11.8. The van der Waals surface area contributed by atoms with Gasteiger partial charge in [0.1, 0.15) is 5.82 Å². The van der Waals surface area contributed by atoms with Crippen LogP contribution < -0.4 is 14.8 Å². The number of halogens is 1. The van der Waals surface area contributed by atoms with Crippen LogP contribution in [0.2, 0.25) is 0 Å². The fourth-order valence-corrected chi connectivity index (χ4v) is 1.79. The van der Waals surface area contributed by atoms with Gasteiger partial charge in [0, 0.05) is 0 Å². The van der Waals surface area contributed by atoms with Crippen molar-refractivity contribution in [3.63, 3.8) is 0 Å². The molecule has 110 valence electrons. The summed E-state index contributed by atoms with van der Waals surface area (Å²) in [6.45, 7) is 1.70. The summed E-state index contributed by atoms with van der Waals surface area (Å²) in [7, 11) is 1.53. The Morgan fingerprint density at radius 1 is 1.19 bits per heavy atom. The second-order valence-electron chi connectivity index (χ2n) is 4.47. The zero-order chi connectivity index (χ0) is 15.2. The van der Waals surface area contributed by atoms with Gasteiger partial charge in [-0.25, -0.2) is 4.39 Å². The van der Waals surface area contributed by atoms with Crippen LogP contribution >= 0.6 is 0 Å². The Morgan fingerprint density at radius 2 is 1.95 bits per heavy atom. The fourth-order valence-electron chi connectivity index (χ4n) is 1.79. The summed E-state index contributed by atoms with van der Waals surface area (Å²) in [5.74, 6) is 0.0852. The monoisotopic (exact) mass is 289 g/mol. The first-order valence-electron chi connectivity index (χ1n) is 6.42. The summed E-state index contributed by atoms with van der Waals surface area (Å²) < 4.78 is 24.0. The van der Waals surface area contributed by atoms with Gasteiger partial charge in [-0.1, -0.05) is 18.2 Å². The van der Waals surface area contributed by atoms with Crippen molar-refractivity contribution >= 4 is 11.6 Å². The van der Waals surface area contributed by atoms with Crippen molar-refractivity contribution in [1.29, 1.82) is 0 Å². The predicted octanol–water partition coefficient (Wildman–Crippen LogP) is 3.16. The molecule has 0 radical (unpaired) electrons. The first kappa shape index (κ1) is 14.8. The van der Waals surface area contributed by atoms with Crippen molar-refractivity contribution in [2.45, 2.75) is 6.92 Å². The summed E-state index contributed by atoms with van der Waals surface area (Å²) in [6.07, 6.45) is 0. The third-order valence-electron chi connectivity index (χ3n) is 2.83. The molecular formula is C16H16FNO3. The molecule has 5 heteroatoms. The molecule has 0 spiro atoms. The Bertz CT molecular complexity index is 643.